The molecule has 1 aliphatic heterocycles. The molecule has 2 aromatic carbocycles. The van der Waals surface area contributed by atoms with E-state index in [1.807, 2.05) is 6.92 Å². The Morgan fingerprint density at radius 3 is 2.74 bits per heavy atom. The highest BCUT2D eigenvalue weighted by atomic mass is 32.2. The summed E-state index contributed by atoms with van der Waals surface area (Å²) in [5.74, 6) is 1.52. The van der Waals surface area contributed by atoms with Crippen LogP contribution in [-0.4, -0.2) is 33.5 Å². The Morgan fingerprint density at radius 2 is 1.96 bits per heavy atom. The number of aryl methyl sites for hydroxylation is 1. The smallest absolute Gasteiger partial charge is 0.244 e. The van der Waals surface area contributed by atoms with Gasteiger partial charge in [-0.3, -0.25) is 0 Å². The monoisotopic (exact) mass is 393 g/mol. The van der Waals surface area contributed by atoms with Crippen LogP contribution < -0.4 is 18.9 Å². The summed E-state index contributed by atoms with van der Waals surface area (Å²) < 4.78 is 43.8. The molecule has 1 atom stereocenters. The lowest BCUT2D eigenvalue weighted by molar-refractivity contribution is 0.166. The molecule has 1 heterocycles. The number of benzene rings is 2. The third kappa shape index (κ3) is 4.52. The van der Waals surface area contributed by atoms with Gasteiger partial charge in [0.25, 0.3) is 0 Å². The van der Waals surface area contributed by atoms with Gasteiger partial charge >= 0.3 is 0 Å². The molecule has 146 valence electrons. The number of sulfonamides is 1. The summed E-state index contributed by atoms with van der Waals surface area (Å²) >= 11 is 0. The molecule has 1 unspecified atom stereocenters. The number of rotatable bonds is 8. The molecule has 0 aliphatic carbocycles. The van der Waals surface area contributed by atoms with Crippen molar-refractivity contribution in [2.45, 2.75) is 31.3 Å². The van der Waals surface area contributed by atoms with E-state index in [0.29, 0.717) is 29.4 Å². The Kier molecular flexibility index (Phi) is 5.88. The fourth-order valence-electron chi connectivity index (χ4n) is 2.79. The first kappa shape index (κ1) is 19.5. The van der Waals surface area contributed by atoms with E-state index in [1.165, 1.54) is 0 Å². The average molecular weight is 393 g/mol. The summed E-state index contributed by atoms with van der Waals surface area (Å²) in [4.78, 5) is 0.0990. The lowest BCUT2D eigenvalue weighted by Gasteiger charge is -2.15. The fraction of sp³-hybridized carbons (Fsp3) is 0.368. The summed E-state index contributed by atoms with van der Waals surface area (Å²) in [6.07, 6.45) is -0.611. The van der Waals surface area contributed by atoms with Crippen LogP contribution in [-0.2, 0) is 10.0 Å². The number of nitrogens with one attached hydrogen (secondary N) is 1. The van der Waals surface area contributed by atoms with Crippen molar-refractivity contribution in [3.63, 3.8) is 0 Å². The maximum absolute atomic E-state index is 12.6. The first-order valence-electron chi connectivity index (χ1n) is 8.71. The molecule has 0 bridgehead atoms. The second-order valence-corrected chi connectivity index (χ2v) is 7.93. The molecular weight excluding hydrogens is 370 g/mol. The van der Waals surface area contributed by atoms with Crippen molar-refractivity contribution in [3.05, 3.63) is 47.5 Å². The van der Waals surface area contributed by atoms with Gasteiger partial charge in [0.1, 0.15) is 10.6 Å². The summed E-state index contributed by atoms with van der Waals surface area (Å²) in [6, 6.07) is 10.2. The third-order valence-electron chi connectivity index (χ3n) is 4.18. The molecule has 0 saturated heterocycles. The van der Waals surface area contributed by atoms with Crippen molar-refractivity contribution in [3.8, 4) is 17.2 Å². The van der Waals surface area contributed by atoms with Crippen molar-refractivity contribution in [2.24, 2.45) is 0 Å². The van der Waals surface area contributed by atoms with Crippen molar-refractivity contribution in [1.82, 2.24) is 4.72 Å². The normalized spacial score (nSPS) is 14.2. The summed E-state index contributed by atoms with van der Waals surface area (Å²) in [6.45, 7) is 4.22. The molecule has 2 N–H and O–H groups in total. The SMILES string of the molecule is CCOc1ccc(C)cc1S(=O)(=O)NCCC(O)c1ccc2c(c1)OCO2. The van der Waals surface area contributed by atoms with Gasteiger partial charge in [-0.25, -0.2) is 13.1 Å². The Hall–Kier alpha value is -2.29. The minimum Gasteiger partial charge on any atom is -0.492 e. The fourth-order valence-corrected chi connectivity index (χ4v) is 4.07. The quantitative estimate of drug-likeness (QED) is 0.716. The van der Waals surface area contributed by atoms with Gasteiger partial charge in [-0.05, 0) is 55.7 Å². The highest BCUT2D eigenvalue weighted by Gasteiger charge is 2.21. The molecule has 0 amide bonds. The molecule has 3 rings (SSSR count). The molecule has 0 spiro atoms. The zero-order chi connectivity index (χ0) is 19.4. The molecule has 7 nitrogen and oxygen atoms in total. The van der Waals surface area contributed by atoms with Gasteiger partial charge in [0, 0.05) is 6.54 Å². The van der Waals surface area contributed by atoms with E-state index in [1.54, 1.807) is 43.3 Å². The van der Waals surface area contributed by atoms with Crippen LogP contribution in [0.4, 0.5) is 0 Å². The Balaban J connectivity index is 1.65. The average Bonchev–Trinajstić information content (AvgIpc) is 3.10. The largest absolute Gasteiger partial charge is 0.492 e. The topological polar surface area (TPSA) is 94.1 Å². The Bertz CT molecular complexity index is 912. The van der Waals surface area contributed by atoms with Gasteiger partial charge in [0.05, 0.1) is 12.7 Å². The zero-order valence-electron chi connectivity index (χ0n) is 15.3. The van der Waals surface area contributed by atoms with Crippen molar-refractivity contribution >= 4 is 10.0 Å². The second-order valence-electron chi connectivity index (χ2n) is 6.20. The standard InChI is InChI=1S/C19H23NO6S/c1-3-24-17-6-4-13(2)10-19(17)27(22,23)20-9-8-15(21)14-5-7-16-18(11-14)26-12-25-16/h4-7,10-11,15,20-21H,3,8-9,12H2,1-2H3. The van der Waals surface area contributed by atoms with E-state index in [4.69, 9.17) is 14.2 Å². The van der Waals surface area contributed by atoms with Crippen molar-refractivity contribution in [2.75, 3.05) is 19.9 Å². The first-order chi connectivity index (χ1) is 12.9. The summed E-state index contributed by atoms with van der Waals surface area (Å²) in [5, 5.41) is 10.3. The van der Waals surface area contributed by atoms with Gasteiger partial charge in [0.2, 0.25) is 16.8 Å². The van der Waals surface area contributed by atoms with Gasteiger partial charge < -0.3 is 19.3 Å². The number of aliphatic hydroxyl groups is 1. The lowest BCUT2D eigenvalue weighted by Crippen LogP contribution is -2.26. The van der Waals surface area contributed by atoms with Crippen molar-refractivity contribution < 1.29 is 27.7 Å². The molecule has 0 radical (unpaired) electrons. The van der Waals surface area contributed by atoms with Crippen LogP contribution in [0.3, 0.4) is 0 Å². The number of fused-ring (bicyclic) bond motifs is 1. The van der Waals surface area contributed by atoms with Crippen LogP contribution in [0.5, 0.6) is 17.2 Å². The molecular formula is C19H23NO6S. The van der Waals surface area contributed by atoms with Gasteiger partial charge in [-0.1, -0.05) is 12.1 Å². The number of hydrogen-bond donors (Lipinski definition) is 2. The predicted molar refractivity (Wildman–Crippen MR) is 99.7 cm³/mol. The second kappa shape index (κ2) is 8.16. The number of aliphatic hydroxyl groups excluding tert-OH is 1. The highest BCUT2D eigenvalue weighted by molar-refractivity contribution is 7.89. The van der Waals surface area contributed by atoms with E-state index >= 15 is 0 Å². The molecule has 0 saturated carbocycles. The van der Waals surface area contributed by atoms with Gasteiger partial charge in [-0.2, -0.15) is 0 Å². The van der Waals surface area contributed by atoms with Crippen LogP contribution in [0.2, 0.25) is 0 Å². The molecule has 2 aromatic rings. The summed E-state index contributed by atoms with van der Waals surface area (Å²) in [7, 11) is -3.75. The minimum absolute atomic E-state index is 0.0808. The van der Waals surface area contributed by atoms with Crippen molar-refractivity contribution in [1.29, 1.82) is 0 Å². The van der Waals surface area contributed by atoms with E-state index < -0.39 is 16.1 Å². The summed E-state index contributed by atoms with van der Waals surface area (Å²) in [5.41, 5.74) is 1.46. The number of ether oxygens (including phenoxy) is 3. The van der Waals surface area contributed by atoms with Crippen LogP contribution >= 0.6 is 0 Å². The maximum atomic E-state index is 12.6. The predicted octanol–water partition coefficient (Wildman–Crippen LogP) is 2.52. The lowest BCUT2D eigenvalue weighted by atomic mass is 10.1. The maximum Gasteiger partial charge on any atom is 0.244 e. The van der Waals surface area contributed by atoms with Crippen LogP contribution in [0.25, 0.3) is 0 Å². The van der Waals surface area contributed by atoms with Crippen LogP contribution in [0, 0.1) is 6.92 Å². The molecule has 1 aliphatic rings. The third-order valence-corrected chi connectivity index (χ3v) is 5.66. The molecule has 8 heteroatoms. The van der Waals surface area contributed by atoms with E-state index in [-0.39, 0.29) is 24.7 Å². The molecule has 0 aromatic heterocycles. The minimum atomic E-state index is -3.75. The van der Waals surface area contributed by atoms with Gasteiger partial charge in [0.15, 0.2) is 11.5 Å². The Labute approximate surface area is 158 Å². The molecule has 0 fully saturated rings. The molecule has 27 heavy (non-hydrogen) atoms. The first-order valence-corrected chi connectivity index (χ1v) is 10.2. The Morgan fingerprint density at radius 1 is 1.19 bits per heavy atom. The van der Waals surface area contributed by atoms with E-state index in [2.05, 4.69) is 4.72 Å². The van der Waals surface area contributed by atoms with Crippen LogP contribution in [0.15, 0.2) is 41.3 Å². The zero-order valence-corrected chi connectivity index (χ0v) is 16.1. The van der Waals surface area contributed by atoms with Gasteiger partial charge in [-0.15, -0.1) is 0 Å². The van der Waals surface area contributed by atoms with E-state index in [9.17, 15) is 13.5 Å². The number of hydrogen-bond acceptors (Lipinski definition) is 6. The van der Waals surface area contributed by atoms with Crippen LogP contribution in [0.1, 0.15) is 30.6 Å². The van der Waals surface area contributed by atoms with E-state index in [0.717, 1.165) is 5.56 Å². The highest BCUT2D eigenvalue weighted by Crippen LogP contribution is 2.34.